The van der Waals surface area contributed by atoms with E-state index in [1.165, 1.54) is 223 Å². The Kier molecular flexibility index (Phi) is 22.6. The molecule has 0 saturated heterocycles. The molecule has 5 heterocycles. The van der Waals surface area contributed by atoms with Crippen molar-refractivity contribution in [3.05, 3.63) is 98.7 Å². The number of hydrogen-bond donors (Lipinski definition) is 1. The van der Waals surface area contributed by atoms with Crippen LogP contribution in [-0.4, -0.2) is 11.1 Å². The third kappa shape index (κ3) is 15.0. The maximum atomic E-state index is 12.5. The SMILES string of the molecule is CCCCCCCCCCCCc1csc(-c2ccc(-c3cc(CCCCCCCCCCCC)c(-c4cc(CCCCCCCC)c(-c5cc6c(s5)/C(=C(\C#N)C(=O)O)c5ccccc5-6)s4)s3)s2)c1. The molecule has 5 aromatic heterocycles. The van der Waals surface area contributed by atoms with Gasteiger partial charge in [-0.2, -0.15) is 5.26 Å². The number of nitrogens with zero attached hydrogens (tertiary/aromatic N) is 1. The van der Waals surface area contributed by atoms with E-state index in [2.05, 4.69) is 68.6 Å². The lowest BCUT2D eigenvalue weighted by Crippen LogP contribution is -2.01. The zero-order valence-corrected chi connectivity index (χ0v) is 46.8. The van der Waals surface area contributed by atoms with Crippen molar-refractivity contribution in [2.75, 3.05) is 0 Å². The van der Waals surface area contributed by atoms with E-state index in [0.29, 0.717) is 5.57 Å². The summed E-state index contributed by atoms with van der Waals surface area (Å²) in [5, 5.41) is 22.7. The molecule has 8 heteroatoms. The van der Waals surface area contributed by atoms with Gasteiger partial charge in [-0.15, -0.1) is 56.7 Å². The number of carboxylic acids is 1. The highest BCUT2D eigenvalue weighted by atomic mass is 32.1. The number of nitriles is 1. The van der Waals surface area contributed by atoms with E-state index in [1.807, 2.05) is 69.6 Å². The molecule has 7 rings (SSSR count). The van der Waals surface area contributed by atoms with E-state index >= 15 is 0 Å². The monoisotopic (exact) mass is 1030 g/mol. The molecule has 0 spiro atoms. The maximum absolute atomic E-state index is 12.5. The maximum Gasteiger partial charge on any atom is 0.347 e. The first-order chi connectivity index (χ1) is 34.4. The van der Waals surface area contributed by atoms with Gasteiger partial charge in [0.2, 0.25) is 0 Å². The second kappa shape index (κ2) is 29.2. The van der Waals surface area contributed by atoms with Gasteiger partial charge < -0.3 is 5.11 Å². The van der Waals surface area contributed by atoms with Crippen molar-refractivity contribution in [2.45, 2.75) is 207 Å². The molecule has 1 aliphatic rings. The van der Waals surface area contributed by atoms with Crippen LogP contribution in [0.3, 0.4) is 0 Å². The van der Waals surface area contributed by atoms with Crippen molar-refractivity contribution < 1.29 is 9.90 Å². The lowest BCUT2D eigenvalue weighted by atomic mass is 10.0. The quantitative estimate of drug-likeness (QED) is 0.0248. The molecule has 6 aromatic rings. The van der Waals surface area contributed by atoms with Gasteiger partial charge in [-0.25, -0.2) is 4.79 Å². The first-order valence-electron chi connectivity index (χ1n) is 27.5. The zero-order chi connectivity index (χ0) is 48.9. The molecule has 0 amide bonds. The molecule has 70 heavy (non-hydrogen) atoms. The minimum Gasteiger partial charge on any atom is -0.477 e. The van der Waals surface area contributed by atoms with Gasteiger partial charge in [-0.3, -0.25) is 0 Å². The predicted octanol–water partition coefficient (Wildman–Crippen LogP) is 21.9. The topological polar surface area (TPSA) is 61.1 Å². The highest BCUT2D eigenvalue weighted by molar-refractivity contribution is 7.30. The van der Waals surface area contributed by atoms with Crippen LogP contribution in [-0.2, 0) is 24.1 Å². The fraction of sp³-hybridized carbons (Fsp3) is 0.516. The Morgan fingerprint density at radius 3 is 1.43 bits per heavy atom. The van der Waals surface area contributed by atoms with E-state index in [-0.39, 0.29) is 5.57 Å². The molecule has 0 unspecified atom stereocenters. The van der Waals surface area contributed by atoms with Crippen LogP contribution in [0.2, 0.25) is 0 Å². The summed E-state index contributed by atoms with van der Waals surface area (Å²) in [7, 11) is 0. The van der Waals surface area contributed by atoms with Crippen molar-refractivity contribution in [2.24, 2.45) is 0 Å². The van der Waals surface area contributed by atoms with Crippen LogP contribution in [0.15, 0.2) is 71.6 Å². The van der Waals surface area contributed by atoms with Gasteiger partial charge in [0.05, 0.1) is 0 Å². The van der Waals surface area contributed by atoms with Crippen molar-refractivity contribution in [3.63, 3.8) is 0 Å². The molecule has 0 radical (unpaired) electrons. The first kappa shape index (κ1) is 54.2. The number of carboxylic acid groups (broad SMARTS) is 1. The molecule has 3 nitrogen and oxygen atoms in total. The van der Waals surface area contributed by atoms with Gasteiger partial charge in [-0.1, -0.05) is 193 Å². The summed E-state index contributed by atoms with van der Waals surface area (Å²) >= 11 is 9.44. The van der Waals surface area contributed by atoms with Crippen LogP contribution < -0.4 is 0 Å². The number of carbonyl (C=O) groups is 1. The Hall–Kier alpha value is -3.58. The third-order valence-electron chi connectivity index (χ3n) is 14.3. The summed E-state index contributed by atoms with van der Waals surface area (Å²) in [5.74, 6) is -1.17. The van der Waals surface area contributed by atoms with Crippen LogP contribution in [0.1, 0.15) is 215 Å². The Morgan fingerprint density at radius 1 is 0.457 bits per heavy atom. The first-order valence-corrected chi connectivity index (χ1v) is 31.6. The number of fused-ring (bicyclic) bond motifs is 3. The van der Waals surface area contributed by atoms with E-state index in [0.717, 1.165) is 40.8 Å². The summed E-state index contributed by atoms with van der Waals surface area (Å²) in [6.07, 6.45) is 38.0. The second-order valence-electron chi connectivity index (χ2n) is 19.9. The smallest absolute Gasteiger partial charge is 0.347 e. The Balaban J connectivity index is 1.13. The predicted molar refractivity (Wildman–Crippen MR) is 310 cm³/mol. The summed E-state index contributed by atoms with van der Waals surface area (Å²) in [5.41, 5.74) is 7.67. The molecule has 0 fully saturated rings. The minimum atomic E-state index is -1.17. The molecule has 0 saturated carbocycles. The van der Waals surface area contributed by atoms with Gasteiger partial charge in [-0.05, 0) is 108 Å². The highest BCUT2D eigenvalue weighted by Crippen LogP contribution is 2.54. The van der Waals surface area contributed by atoms with Gasteiger partial charge in [0, 0.05) is 55.0 Å². The summed E-state index contributed by atoms with van der Waals surface area (Å²) in [6, 6.07) is 24.6. The van der Waals surface area contributed by atoms with Crippen LogP contribution in [0.5, 0.6) is 0 Å². The lowest BCUT2D eigenvalue weighted by molar-refractivity contribution is -0.132. The van der Waals surface area contributed by atoms with Crippen molar-refractivity contribution >= 4 is 68.2 Å². The fourth-order valence-electron chi connectivity index (χ4n) is 10.2. The van der Waals surface area contributed by atoms with Gasteiger partial charge in [0.25, 0.3) is 0 Å². The van der Waals surface area contributed by atoms with E-state index in [1.54, 1.807) is 11.3 Å². The lowest BCUT2D eigenvalue weighted by Gasteiger charge is -2.05. The molecule has 1 aromatic carbocycles. The van der Waals surface area contributed by atoms with Crippen molar-refractivity contribution in [1.82, 2.24) is 0 Å². The molecule has 374 valence electrons. The van der Waals surface area contributed by atoms with E-state index in [4.69, 9.17) is 0 Å². The Labute approximate surface area is 442 Å². The number of thiophene rings is 5. The van der Waals surface area contributed by atoms with Crippen LogP contribution >= 0.6 is 56.7 Å². The van der Waals surface area contributed by atoms with E-state index < -0.39 is 5.97 Å². The molecular formula is C62H79NO2S5. The number of aliphatic carboxylic acids is 1. The largest absolute Gasteiger partial charge is 0.477 e. The summed E-state index contributed by atoms with van der Waals surface area (Å²) < 4.78 is 0. The number of hydrogen-bond acceptors (Lipinski definition) is 7. The summed E-state index contributed by atoms with van der Waals surface area (Å²) in [6.45, 7) is 6.88. The van der Waals surface area contributed by atoms with Crippen molar-refractivity contribution in [1.29, 1.82) is 5.26 Å². The molecule has 1 aliphatic carbocycles. The molecular weight excluding hydrogens is 951 g/mol. The number of unbranched alkanes of at least 4 members (excludes halogenated alkanes) is 23. The second-order valence-corrected chi connectivity index (χ2v) is 25.0. The Bertz CT molecular complexity index is 2600. The average molecular weight is 1030 g/mol. The van der Waals surface area contributed by atoms with Gasteiger partial charge in [0.15, 0.2) is 0 Å². The zero-order valence-electron chi connectivity index (χ0n) is 42.7. The number of rotatable bonds is 34. The van der Waals surface area contributed by atoms with Crippen LogP contribution in [0.4, 0.5) is 0 Å². The van der Waals surface area contributed by atoms with Crippen LogP contribution in [0.25, 0.3) is 55.7 Å². The van der Waals surface area contributed by atoms with Gasteiger partial charge in [0.1, 0.15) is 11.6 Å². The molecule has 1 N–H and O–H groups in total. The van der Waals surface area contributed by atoms with Crippen molar-refractivity contribution in [3.8, 4) is 56.2 Å². The minimum absolute atomic E-state index is 0.179. The standard InChI is InChI=1S/C62H79NO2S5/c1-4-7-10-13-16-18-20-22-24-27-32-45-39-54(66-44-45)52-37-38-53(67-52)55-40-46(33-29-26-23-21-19-17-14-11-8-5-2)59(68-55)56-41-47(34-28-25-15-12-9-6-3)60(69-56)57-42-50-48-35-30-31-36-49(48)58(61(50)70-57)51(43-63)62(64)65/h30-31,35-42,44H,4-29,32-34H2,1-3H3,(H,64,65)/b58-51+. The molecule has 0 aliphatic heterocycles. The fourth-order valence-corrected chi connectivity index (χ4v) is 16.3. The highest BCUT2D eigenvalue weighted by Gasteiger charge is 2.32. The summed E-state index contributed by atoms with van der Waals surface area (Å²) in [4.78, 5) is 24.1. The van der Waals surface area contributed by atoms with Crippen LogP contribution in [0, 0.1) is 11.3 Å². The molecule has 0 bridgehead atoms. The number of aryl methyl sites for hydroxylation is 3. The molecule has 0 atom stereocenters. The number of benzene rings is 1. The third-order valence-corrected chi connectivity index (χ3v) is 20.6. The average Bonchev–Trinajstić information content (AvgIpc) is 4.24. The Morgan fingerprint density at radius 2 is 0.900 bits per heavy atom. The normalized spacial score (nSPS) is 12.7. The van der Waals surface area contributed by atoms with E-state index in [9.17, 15) is 15.2 Å². The van der Waals surface area contributed by atoms with Gasteiger partial charge >= 0.3 is 5.97 Å².